The Hall–Kier alpha value is -3.83. The number of thiocarbonyl (C=S) groups is 1. The topological polar surface area (TPSA) is 42.5 Å². The van der Waals surface area contributed by atoms with Crippen molar-refractivity contribution in [3.63, 3.8) is 0 Å². The van der Waals surface area contributed by atoms with E-state index >= 15 is 0 Å². The summed E-state index contributed by atoms with van der Waals surface area (Å²) in [6, 6.07) is 28.3. The van der Waals surface area contributed by atoms with E-state index in [0.29, 0.717) is 5.11 Å². The van der Waals surface area contributed by atoms with Crippen molar-refractivity contribution >= 4 is 28.7 Å². The zero-order valence-corrected chi connectivity index (χ0v) is 26.9. The molecule has 4 aromatic rings. The number of para-hydroxylation sites is 2. The lowest BCUT2D eigenvalue weighted by molar-refractivity contribution is 0.480. The second-order valence-corrected chi connectivity index (χ2v) is 12.4. The summed E-state index contributed by atoms with van der Waals surface area (Å²) in [5, 5.41) is 7.77. The van der Waals surface area contributed by atoms with Gasteiger partial charge in [0.2, 0.25) is 0 Å². The van der Waals surface area contributed by atoms with Crippen LogP contribution in [0.25, 0.3) is 0 Å². The number of hydrogen-bond acceptors (Lipinski definition) is 3. The molecule has 0 aliphatic carbocycles. The molecule has 2 N–H and O–H groups in total. The van der Waals surface area contributed by atoms with Crippen LogP contribution in [0.15, 0.2) is 84.9 Å². The van der Waals surface area contributed by atoms with Gasteiger partial charge < -0.3 is 20.1 Å². The van der Waals surface area contributed by atoms with Crippen LogP contribution in [-0.2, 0) is 0 Å². The molecule has 0 saturated carbocycles. The van der Waals surface area contributed by atoms with Crippen molar-refractivity contribution in [2.75, 3.05) is 10.6 Å². The van der Waals surface area contributed by atoms with Gasteiger partial charge in [-0.2, -0.15) is 0 Å². The van der Waals surface area contributed by atoms with Crippen LogP contribution in [0.3, 0.4) is 0 Å². The van der Waals surface area contributed by atoms with Gasteiger partial charge in [-0.3, -0.25) is 0 Å². The van der Waals surface area contributed by atoms with Gasteiger partial charge in [-0.25, -0.2) is 0 Å². The highest BCUT2D eigenvalue weighted by atomic mass is 32.1. The van der Waals surface area contributed by atoms with Gasteiger partial charge in [0.1, 0.15) is 23.0 Å². The number of nitrogens with one attached hydrogen (secondary N) is 2. The van der Waals surface area contributed by atoms with Gasteiger partial charge in [-0.05, 0) is 107 Å². The lowest BCUT2D eigenvalue weighted by Gasteiger charge is -2.26. The first-order valence-electron chi connectivity index (χ1n) is 14.9. The van der Waals surface area contributed by atoms with E-state index in [4.69, 9.17) is 21.7 Å². The average molecular weight is 581 g/mol. The molecule has 0 amide bonds. The van der Waals surface area contributed by atoms with Crippen molar-refractivity contribution in [1.82, 2.24) is 0 Å². The van der Waals surface area contributed by atoms with Gasteiger partial charge in [0.05, 0.1) is 0 Å². The molecule has 220 valence electrons. The number of benzene rings is 4. The summed E-state index contributed by atoms with van der Waals surface area (Å²) in [6.45, 7) is 17.6. The summed E-state index contributed by atoms with van der Waals surface area (Å²) in [5.41, 5.74) is 6.73. The fourth-order valence-corrected chi connectivity index (χ4v) is 5.26. The summed E-state index contributed by atoms with van der Waals surface area (Å²) < 4.78 is 12.5. The molecule has 0 aliphatic heterocycles. The van der Waals surface area contributed by atoms with E-state index in [2.05, 4.69) is 90.3 Å². The first-order chi connectivity index (χ1) is 20.0. The van der Waals surface area contributed by atoms with Crippen molar-refractivity contribution in [2.24, 2.45) is 0 Å². The molecule has 0 heterocycles. The maximum absolute atomic E-state index is 6.27. The van der Waals surface area contributed by atoms with E-state index in [-0.39, 0.29) is 23.7 Å². The first kappa shape index (κ1) is 31.1. The van der Waals surface area contributed by atoms with Gasteiger partial charge in [0.15, 0.2) is 5.11 Å². The van der Waals surface area contributed by atoms with Crippen LogP contribution < -0.4 is 20.1 Å². The Balaban J connectivity index is 1.68. The number of ether oxygens (including phenoxy) is 2. The van der Waals surface area contributed by atoms with Crippen molar-refractivity contribution in [3.05, 3.63) is 107 Å². The standard InChI is InChI=1S/C37H44N2O2S/c1-23(2)31-19-29(40-27-15-11-9-12-16-27)20-32(24(3)4)35(31)38-37(42)39-36-33(25(5)6)21-30(22-34(36)26(7)8)41-28-17-13-10-14-18-28/h9-26H,1-8H3,(H2,38,39,42). The Kier molecular flexibility index (Phi) is 10.3. The molecule has 0 unspecified atom stereocenters. The van der Waals surface area contributed by atoms with E-state index in [9.17, 15) is 0 Å². The maximum Gasteiger partial charge on any atom is 0.175 e. The zero-order chi connectivity index (χ0) is 30.4. The van der Waals surface area contributed by atoms with E-state index < -0.39 is 0 Å². The summed E-state index contributed by atoms with van der Waals surface area (Å²) in [4.78, 5) is 0. The first-order valence-corrected chi connectivity index (χ1v) is 15.3. The highest BCUT2D eigenvalue weighted by Gasteiger charge is 2.21. The minimum atomic E-state index is 0.263. The Morgan fingerprint density at radius 3 is 1.02 bits per heavy atom. The van der Waals surface area contributed by atoms with E-state index in [1.54, 1.807) is 0 Å². The third kappa shape index (κ3) is 7.71. The smallest absolute Gasteiger partial charge is 0.175 e. The molecule has 4 nitrogen and oxygen atoms in total. The van der Waals surface area contributed by atoms with Crippen LogP contribution >= 0.6 is 12.2 Å². The molecule has 0 aliphatic rings. The van der Waals surface area contributed by atoms with Gasteiger partial charge in [0.25, 0.3) is 0 Å². The largest absolute Gasteiger partial charge is 0.457 e. The fraction of sp³-hybridized carbons (Fsp3) is 0.324. The molecule has 0 spiro atoms. The summed E-state index contributed by atoms with van der Waals surface area (Å²) in [6.07, 6.45) is 0. The SMILES string of the molecule is CC(C)c1cc(Oc2ccccc2)cc(C(C)C)c1NC(=S)Nc1c(C(C)C)cc(Oc2ccccc2)cc1C(C)C. The Labute approximate surface area is 257 Å². The molecular weight excluding hydrogens is 536 g/mol. The van der Waals surface area contributed by atoms with Gasteiger partial charge in [-0.1, -0.05) is 91.8 Å². The zero-order valence-electron chi connectivity index (χ0n) is 26.1. The van der Waals surface area contributed by atoms with Crippen LogP contribution in [-0.4, -0.2) is 5.11 Å². The number of rotatable bonds is 10. The molecule has 0 atom stereocenters. The average Bonchev–Trinajstić information content (AvgIpc) is 2.94. The van der Waals surface area contributed by atoms with Crippen molar-refractivity contribution in [2.45, 2.75) is 79.1 Å². The Morgan fingerprint density at radius 1 is 0.476 bits per heavy atom. The van der Waals surface area contributed by atoms with Crippen molar-refractivity contribution in [3.8, 4) is 23.0 Å². The normalized spacial score (nSPS) is 11.3. The monoisotopic (exact) mass is 580 g/mol. The lowest BCUT2D eigenvalue weighted by Crippen LogP contribution is -2.23. The predicted molar refractivity (Wildman–Crippen MR) is 182 cm³/mol. The summed E-state index contributed by atoms with van der Waals surface area (Å²) in [7, 11) is 0. The molecular formula is C37H44N2O2S. The Bertz CT molecular complexity index is 1320. The van der Waals surface area contributed by atoms with E-state index in [0.717, 1.165) is 56.6 Å². The second kappa shape index (κ2) is 13.9. The molecule has 0 fully saturated rings. The van der Waals surface area contributed by atoms with Gasteiger partial charge in [-0.15, -0.1) is 0 Å². The van der Waals surface area contributed by atoms with Crippen LogP contribution in [0.1, 0.15) is 101 Å². The van der Waals surface area contributed by atoms with Gasteiger partial charge in [0, 0.05) is 11.4 Å². The molecule has 5 heteroatoms. The van der Waals surface area contributed by atoms with Crippen LogP contribution in [0.2, 0.25) is 0 Å². The van der Waals surface area contributed by atoms with Crippen LogP contribution in [0.4, 0.5) is 11.4 Å². The number of anilines is 2. The molecule has 0 radical (unpaired) electrons. The summed E-state index contributed by atoms with van der Waals surface area (Å²) >= 11 is 5.99. The lowest BCUT2D eigenvalue weighted by atomic mass is 9.91. The summed E-state index contributed by atoms with van der Waals surface area (Å²) in [5.74, 6) is 4.35. The Morgan fingerprint density at radius 2 is 0.762 bits per heavy atom. The fourth-order valence-electron chi connectivity index (χ4n) is 5.05. The van der Waals surface area contributed by atoms with E-state index in [1.165, 1.54) is 0 Å². The van der Waals surface area contributed by atoms with Crippen molar-refractivity contribution < 1.29 is 9.47 Å². The third-order valence-corrected chi connectivity index (χ3v) is 7.47. The number of hydrogen-bond donors (Lipinski definition) is 2. The minimum absolute atomic E-state index is 0.263. The van der Waals surface area contributed by atoms with Crippen LogP contribution in [0, 0.1) is 0 Å². The van der Waals surface area contributed by atoms with E-state index in [1.807, 2.05) is 60.7 Å². The highest BCUT2D eigenvalue weighted by Crippen LogP contribution is 2.40. The predicted octanol–water partition coefficient (Wildman–Crippen LogP) is 11.6. The molecule has 4 aromatic carbocycles. The maximum atomic E-state index is 6.27. The molecule has 4 rings (SSSR count). The highest BCUT2D eigenvalue weighted by molar-refractivity contribution is 7.80. The molecule has 0 aromatic heterocycles. The second-order valence-electron chi connectivity index (χ2n) is 12.0. The quantitative estimate of drug-likeness (QED) is 0.183. The van der Waals surface area contributed by atoms with Crippen LogP contribution in [0.5, 0.6) is 23.0 Å². The third-order valence-electron chi connectivity index (χ3n) is 7.27. The van der Waals surface area contributed by atoms with Gasteiger partial charge >= 0.3 is 0 Å². The molecule has 42 heavy (non-hydrogen) atoms. The molecule has 0 saturated heterocycles. The van der Waals surface area contributed by atoms with Crippen molar-refractivity contribution in [1.29, 1.82) is 0 Å². The minimum Gasteiger partial charge on any atom is -0.457 e. The molecule has 0 bridgehead atoms.